The van der Waals surface area contributed by atoms with Crippen LogP contribution in [0.25, 0.3) is 0 Å². The topological polar surface area (TPSA) is 76.1 Å². The second-order valence-corrected chi connectivity index (χ2v) is 9.88. The largest absolute Gasteiger partial charge is 0.490 e. The Bertz CT molecular complexity index is 1220. The number of hydrogen-bond donors (Lipinski definition) is 0. The second-order valence-electron chi connectivity index (χ2n) is 7.94. The minimum absolute atomic E-state index is 0.0747. The van der Waals surface area contributed by atoms with E-state index in [9.17, 15) is 13.2 Å². The zero-order chi connectivity index (χ0) is 24.0. The van der Waals surface area contributed by atoms with Crippen molar-refractivity contribution in [2.24, 2.45) is 0 Å². The molecule has 7 nitrogen and oxygen atoms in total. The van der Waals surface area contributed by atoms with Gasteiger partial charge in [0.15, 0.2) is 11.5 Å². The highest BCUT2D eigenvalue weighted by atomic mass is 32.2. The molecule has 34 heavy (non-hydrogen) atoms. The van der Waals surface area contributed by atoms with Crippen LogP contribution in [0.3, 0.4) is 0 Å². The average Bonchev–Trinajstić information content (AvgIpc) is 2.89. The Morgan fingerprint density at radius 1 is 0.853 bits per heavy atom. The van der Waals surface area contributed by atoms with E-state index in [4.69, 9.17) is 9.47 Å². The fourth-order valence-corrected chi connectivity index (χ4v) is 5.25. The van der Waals surface area contributed by atoms with Crippen LogP contribution in [0, 0.1) is 0 Å². The van der Waals surface area contributed by atoms with Crippen LogP contribution in [0.2, 0.25) is 0 Å². The summed E-state index contributed by atoms with van der Waals surface area (Å²) in [6.07, 6.45) is 0.821. The van der Waals surface area contributed by atoms with Crippen LogP contribution in [0.5, 0.6) is 11.5 Å². The van der Waals surface area contributed by atoms with Gasteiger partial charge in [0.25, 0.3) is 0 Å². The van der Waals surface area contributed by atoms with Crippen molar-refractivity contribution in [1.29, 1.82) is 0 Å². The van der Waals surface area contributed by atoms with Crippen LogP contribution >= 0.6 is 0 Å². The molecule has 0 aromatic heterocycles. The van der Waals surface area contributed by atoms with E-state index in [2.05, 4.69) is 4.90 Å². The summed E-state index contributed by atoms with van der Waals surface area (Å²) < 4.78 is 39.2. The summed E-state index contributed by atoms with van der Waals surface area (Å²) in [7, 11) is -3.74. The van der Waals surface area contributed by atoms with E-state index in [0.29, 0.717) is 44.3 Å². The van der Waals surface area contributed by atoms with E-state index in [1.54, 1.807) is 36.4 Å². The van der Waals surface area contributed by atoms with E-state index in [-0.39, 0.29) is 10.5 Å². The van der Waals surface area contributed by atoms with Gasteiger partial charge in [0.1, 0.15) is 0 Å². The zero-order valence-electron chi connectivity index (χ0n) is 19.1. The highest BCUT2D eigenvalue weighted by Gasteiger charge is 2.29. The number of rotatable bonds is 8. The highest BCUT2D eigenvalue weighted by Crippen LogP contribution is 2.28. The molecule has 1 heterocycles. The van der Waals surface area contributed by atoms with Crippen molar-refractivity contribution in [3.8, 4) is 11.5 Å². The number of carbonyl (C=O) groups excluding carboxylic acids is 1. The molecular formula is C26H28N2O5S. The molecule has 178 valence electrons. The fourth-order valence-electron chi connectivity index (χ4n) is 3.78. The SMILES string of the molecule is CCCOc1ccccc1OC(=O)c1cccc(S(=O)(=O)N2CCN(c3ccccc3)CC2)c1. The maximum atomic E-state index is 13.3. The van der Waals surface area contributed by atoms with Crippen LogP contribution in [0.15, 0.2) is 83.8 Å². The molecule has 0 saturated carbocycles. The van der Waals surface area contributed by atoms with Gasteiger partial charge in [-0.2, -0.15) is 4.31 Å². The van der Waals surface area contributed by atoms with E-state index >= 15 is 0 Å². The third-order valence-corrected chi connectivity index (χ3v) is 7.48. The monoisotopic (exact) mass is 480 g/mol. The number of sulfonamides is 1. The van der Waals surface area contributed by atoms with E-state index in [1.807, 2.05) is 37.3 Å². The first-order chi connectivity index (χ1) is 16.5. The summed E-state index contributed by atoms with van der Waals surface area (Å²) in [5.41, 5.74) is 1.24. The van der Waals surface area contributed by atoms with Crippen molar-refractivity contribution in [3.05, 3.63) is 84.4 Å². The van der Waals surface area contributed by atoms with Gasteiger partial charge in [-0.15, -0.1) is 0 Å². The molecule has 1 aliphatic heterocycles. The van der Waals surface area contributed by atoms with Crippen LogP contribution in [0.4, 0.5) is 5.69 Å². The molecule has 0 atom stereocenters. The fraction of sp³-hybridized carbons (Fsp3) is 0.269. The minimum Gasteiger partial charge on any atom is -0.490 e. The summed E-state index contributed by atoms with van der Waals surface area (Å²) in [5, 5.41) is 0. The molecule has 1 fully saturated rings. The predicted molar refractivity (Wildman–Crippen MR) is 131 cm³/mol. The van der Waals surface area contributed by atoms with Crippen molar-refractivity contribution in [1.82, 2.24) is 4.31 Å². The van der Waals surface area contributed by atoms with E-state index in [0.717, 1.165) is 12.1 Å². The van der Waals surface area contributed by atoms with Gasteiger partial charge in [0.05, 0.1) is 17.1 Å². The van der Waals surface area contributed by atoms with Gasteiger partial charge in [-0.25, -0.2) is 13.2 Å². The molecule has 0 bridgehead atoms. The lowest BCUT2D eigenvalue weighted by Gasteiger charge is -2.35. The van der Waals surface area contributed by atoms with Gasteiger partial charge in [-0.1, -0.05) is 43.3 Å². The molecule has 0 aliphatic carbocycles. The van der Waals surface area contributed by atoms with Crippen LogP contribution in [-0.2, 0) is 10.0 Å². The van der Waals surface area contributed by atoms with Gasteiger partial charge in [-0.05, 0) is 48.9 Å². The molecule has 1 saturated heterocycles. The minimum atomic E-state index is -3.74. The summed E-state index contributed by atoms with van der Waals surface area (Å²) >= 11 is 0. The van der Waals surface area contributed by atoms with E-state index < -0.39 is 16.0 Å². The Kier molecular flexibility index (Phi) is 7.49. The Morgan fingerprint density at radius 2 is 1.53 bits per heavy atom. The van der Waals surface area contributed by atoms with Crippen LogP contribution in [-0.4, -0.2) is 51.5 Å². The predicted octanol–water partition coefficient (Wildman–Crippen LogP) is 4.21. The standard InChI is InChI=1S/C26H28N2O5S/c1-2-19-32-24-13-6-7-14-25(24)33-26(29)21-9-8-12-23(20-21)34(30,31)28-17-15-27(16-18-28)22-10-4-3-5-11-22/h3-14,20H,2,15-19H2,1H3. The van der Waals surface area contributed by atoms with Gasteiger partial charge < -0.3 is 14.4 Å². The lowest BCUT2D eigenvalue weighted by molar-refractivity contribution is 0.0728. The third-order valence-electron chi connectivity index (χ3n) is 5.58. The maximum Gasteiger partial charge on any atom is 0.343 e. The van der Waals surface area contributed by atoms with Crippen molar-refractivity contribution in [3.63, 3.8) is 0 Å². The first-order valence-corrected chi connectivity index (χ1v) is 12.8. The molecule has 0 spiro atoms. The number of piperazine rings is 1. The number of ether oxygens (including phenoxy) is 2. The molecule has 3 aromatic rings. The number of carbonyl (C=O) groups is 1. The lowest BCUT2D eigenvalue weighted by atomic mass is 10.2. The van der Waals surface area contributed by atoms with E-state index in [1.165, 1.54) is 16.4 Å². The Hall–Kier alpha value is -3.36. The van der Waals surface area contributed by atoms with Crippen LogP contribution in [0.1, 0.15) is 23.7 Å². The zero-order valence-corrected chi connectivity index (χ0v) is 19.9. The molecule has 0 amide bonds. The Labute approximate surface area is 200 Å². The molecule has 0 radical (unpaired) electrons. The molecule has 0 unspecified atom stereocenters. The molecule has 8 heteroatoms. The van der Waals surface area contributed by atoms with Gasteiger partial charge >= 0.3 is 5.97 Å². The average molecular weight is 481 g/mol. The van der Waals surface area contributed by atoms with Gasteiger partial charge in [-0.3, -0.25) is 0 Å². The maximum absolute atomic E-state index is 13.3. The molecule has 1 aliphatic rings. The summed E-state index contributed by atoms with van der Waals surface area (Å²) in [6, 6.07) is 22.8. The summed E-state index contributed by atoms with van der Waals surface area (Å²) in [4.78, 5) is 15.0. The Morgan fingerprint density at radius 3 is 2.24 bits per heavy atom. The number of hydrogen-bond acceptors (Lipinski definition) is 6. The number of nitrogens with zero attached hydrogens (tertiary/aromatic N) is 2. The quantitative estimate of drug-likeness (QED) is 0.355. The number of esters is 1. The first kappa shape index (κ1) is 23.8. The lowest BCUT2D eigenvalue weighted by Crippen LogP contribution is -2.48. The Balaban J connectivity index is 1.46. The van der Waals surface area contributed by atoms with Gasteiger partial charge in [0, 0.05) is 31.9 Å². The molecule has 3 aromatic carbocycles. The highest BCUT2D eigenvalue weighted by molar-refractivity contribution is 7.89. The summed E-state index contributed by atoms with van der Waals surface area (Å²) in [6.45, 7) is 4.42. The van der Waals surface area contributed by atoms with Crippen molar-refractivity contribution >= 4 is 21.7 Å². The first-order valence-electron chi connectivity index (χ1n) is 11.3. The molecule has 0 N–H and O–H groups in total. The number of anilines is 1. The second kappa shape index (κ2) is 10.7. The number of benzene rings is 3. The van der Waals surface area contributed by atoms with Gasteiger partial charge in [0.2, 0.25) is 10.0 Å². The molecular weight excluding hydrogens is 452 g/mol. The van der Waals surface area contributed by atoms with Crippen molar-refractivity contribution in [2.75, 3.05) is 37.7 Å². The van der Waals surface area contributed by atoms with Crippen LogP contribution < -0.4 is 14.4 Å². The normalized spacial score (nSPS) is 14.6. The van der Waals surface area contributed by atoms with Crippen molar-refractivity contribution in [2.45, 2.75) is 18.2 Å². The summed E-state index contributed by atoms with van der Waals surface area (Å²) in [5.74, 6) is 0.127. The molecule has 4 rings (SSSR count). The number of para-hydroxylation sites is 3. The smallest absolute Gasteiger partial charge is 0.343 e. The van der Waals surface area contributed by atoms with Crippen molar-refractivity contribution < 1.29 is 22.7 Å². The third kappa shape index (κ3) is 5.40.